The molecule has 0 atom stereocenters. The lowest BCUT2D eigenvalue weighted by atomic mass is 10.1. The molecule has 4 nitrogen and oxygen atoms in total. The van der Waals surface area contributed by atoms with Crippen LogP contribution in [0.2, 0.25) is 0 Å². The highest BCUT2D eigenvalue weighted by Gasteiger charge is 2.11. The van der Waals surface area contributed by atoms with Crippen LogP contribution < -0.4 is 4.74 Å². The first-order chi connectivity index (χ1) is 8.26. The molecule has 0 aliphatic rings. The summed E-state index contributed by atoms with van der Waals surface area (Å²) in [6.07, 6.45) is 1.59. The minimum atomic E-state index is -0.369. The number of ether oxygens (including phenoxy) is 2. The third-order valence-corrected chi connectivity index (χ3v) is 2.43. The zero-order valence-corrected chi connectivity index (χ0v) is 9.77. The molecule has 0 aliphatic heterocycles. The fourth-order valence-electron chi connectivity index (χ4n) is 1.67. The highest BCUT2D eigenvalue weighted by atomic mass is 16.5. The van der Waals surface area contributed by atoms with Crippen LogP contribution in [0.3, 0.4) is 0 Å². The van der Waals surface area contributed by atoms with Gasteiger partial charge >= 0.3 is 5.97 Å². The largest absolute Gasteiger partial charge is 0.494 e. The number of nitrogens with zero attached hydrogens (tertiary/aromatic N) is 1. The first kappa shape index (κ1) is 11.4. The monoisotopic (exact) mass is 231 g/mol. The predicted octanol–water partition coefficient (Wildman–Crippen LogP) is 2.42. The van der Waals surface area contributed by atoms with Crippen LogP contribution in [0.5, 0.6) is 5.75 Å². The van der Waals surface area contributed by atoms with Crippen molar-refractivity contribution in [2.75, 3.05) is 13.7 Å². The molecular formula is C13H13NO3. The molecule has 88 valence electrons. The van der Waals surface area contributed by atoms with Gasteiger partial charge in [-0.2, -0.15) is 0 Å². The first-order valence-electron chi connectivity index (χ1n) is 5.36. The molecule has 1 heterocycles. The molecule has 0 aliphatic carbocycles. The summed E-state index contributed by atoms with van der Waals surface area (Å²) in [7, 11) is 1.36. The summed E-state index contributed by atoms with van der Waals surface area (Å²) in [5.41, 5.74) is 1.25. The van der Waals surface area contributed by atoms with Gasteiger partial charge in [0.2, 0.25) is 0 Å². The number of benzene rings is 1. The Morgan fingerprint density at radius 2 is 2.18 bits per heavy atom. The summed E-state index contributed by atoms with van der Waals surface area (Å²) in [5.74, 6) is 0.351. The van der Waals surface area contributed by atoms with E-state index < -0.39 is 0 Å². The van der Waals surface area contributed by atoms with Crippen molar-refractivity contribution in [3.8, 4) is 5.75 Å². The van der Waals surface area contributed by atoms with Crippen LogP contribution in [-0.2, 0) is 4.74 Å². The van der Waals surface area contributed by atoms with Crippen LogP contribution in [0.1, 0.15) is 17.3 Å². The van der Waals surface area contributed by atoms with E-state index in [2.05, 4.69) is 4.98 Å². The Bertz CT molecular complexity index is 551. The quantitative estimate of drug-likeness (QED) is 0.761. The lowest BCUT2D eigenvalue weighted by Crippen LogP contribution is -2.02. The van der Waals surface area contributed by atoms with Crippen molar-refractivity contribution in [3.05, 3.63) is 36.0 Å². The van der Waals surface area contributed by atoms with Crippen molar-refractivity contribution < 1.29 is 14.3 Å². The van der Waals surface area contributed by atoms with Crippen LogP contribution in [0.15, 0.2) is 30.5 Å². The Balaban J connectivity index is 2.59. The van der Waals surface area contributed by atoms with Gasteiger partial charge in [0.05, 0.1) is 24.8 Å². The fourth-order valence-corrected chi connectivity index (χ4v) is 1.67. The lowest BCUT2D eigenvalue weighted by molar-refractivity contribution is 0.0603. The summed E-state index contributed by atoms with van der Waals surface area (Å²) in [6, 6.07) is 7.11. The average molecular weight is 231 g/mol. The van der Waals surface area contributed by atoms with Gasteiger partial charge in [0.1, 0.15) is 5.75 Å². The molecule has 0 spiro atoms. The van der Waals surface area contributed by atoms with Crippen molar-refractivity contribution in [1.82, 2.24) is 4.98 Å². The molecule has 2 aromatic rings. The third-order valence-electron chi connectivity index (χ3n) is 2.43. The van der Waals surface area contributed by atoms with E-state index in [1.165, 1.54) is 7.11 Å². The maximum Gasteiger partial charge on any atom is 0.338 e. The van der Waals surface area contributed by atoms with Crippen molar-refractivity contribution >= 4 is 16.9 Å². The number of hydrogen-bond donors (Lipinski definition) is 0. The van der Waals surface area contributed by atoms with E-state index in [0.717, 1.165) is 16.7 Å². The molecule has 1 aromatic heterocycles. The zero-order valence-electron chi connectivity index (χ0n) is 9.77. The number of esters is 1. The summed E-state index contributed by atoms with van der Waals surface area (Å²) < 4.78 is 10.1. The van der Waals surface area contributed by atoms with Crippen molar-refractivity contribution in [1.29, 1.82) is 0 Å². The van der Waals surface area contributed by atoms with Crippen LogP contribution in [0.4, 0.5) is 0 Å². The van der Waals surface area contributed by atoms with Gasteiger partial charge in [-0.15, -0.1) is 0 Å². The number of pyridine rings is 1. The second-order valence-electron chi connectivity index (χ2n) is 3.46. The summed E-state index contributed by atoms with van der Waals surface area (Å²) in [6.45, 7) is 2.49. The van der Waals surface area contributed by atoms with Crippen molar-refractivity contribution in [2.24, 2.45) is 0 Å². The van der Waals surface area contributed by atoms with E-state index in [9.17, 15) is 4.79 Å². The maximum atomic E-state index is 11.6. The molecule has 0 saturated carbocycles. The number of methoxy groups -OCH3 is 1. The van der Waals surface area contributed by atoms with Gasteiger partial charge in [-0.25, -0.2) is 4.79 Å². The Labute approximate surface area is 99.2 Å². The molecule has 0 radical (unpaired) electrons. The number of aromatic nitrogens is 1. The molecule has 4 heteroatoms. The van der Waals surface area contributed by atoms with Gasteiger partial charge in [0, 0.05) is 11.6 Å². The molecule has 0 bridgehead atoms. The predicted molar refractivity (Wildman–Crippen MR) is 64.3 cm³/mol. The van der Waals surface area contributed by atoms with Crippen LogP contribution >= 0.6 is 0 Å². The smallest absolute Gasteiger partial charge is 0.338 e. The molecule has 0 amide bonds. The Morgan fingerprint density at radius 3 is 2.88 bits per heavy atom. The summed E-state index contributed by atoms with van der Waals surface area (Å²) >= 11 is 0. The summed E-state index contributed by atoms with van der Waals surface area (Å²) in [5, 5.41) is 0.741. The number of rotatable bonds is 3. The SMILES string of the molecule is CCOc1ccc2nccc(C(=O)OC)c2c1. The second kappa shape index (κ2) is 4.82. The average Bonchev–Trinajstić information content (AvgIpc) is 2.37. The molecule has 0 fully saturated rings. The molecule has 0 saturated heterocycles. The lowest BCUT2D eigenvalue weighted by Gasteiger charge is -2.07. The maximum absolute atomic E-state index is 11.6. The normalized spacial score (nSPS) is 10.2. The second-order valence-corrected chi connectivity index (χ2v) is 3.46. The van der Waals surface area contributed by atoms with E-state index in [0.29, 0.717) is 12.2 Å². The molecule has 1 aromatic carbocycles. The van der Waals surface area contributed by atoms with E-state index in [4.69, 9.17) is 9.47 Å². The van der Waals surface area contributed by atoms with Crippen molar-refractivity contribution in [3.63, 3.8) is 0 Å². The minimum Gasteiger partial charge on any atom is -0.494 e. The van der Waals surface area contributed by atoms with E-state index in [1.54, 1.807) is 18.3 Å². The fraction of sp³-hybridized carbons (Fsp3) is 0.231. The Hall–Kier alpha value is -2.10. The third kappa shape index (κ3) is 2.20. The number of carbonyl (C=O) groups is 1. The van der Waals surface area contributed by atoms with Gasteiger partial charge in [-0.1, -0.05) is 0 Å². The molecule has 0 N–H and O–H groups in total. The topological polar surface area (TPSA) is 48.4 Å². The van der Waals surface area contributed by atoms with E-state index in [1.807, 2.05) is 19.1 Å². The van der Waals surface area contributed by atoms with Crippen LogP contribution in [-0.4, -0.2) is 24.7 Å². The first-order valence-corrected chi connectivity index (χ1v) is 5.36. The van der Waals surface area contributed by atoms with Gasteiger partial charge in [-0.3, -0.25) is 4.98 Å². The number of hydrogen-bond acceptors (Lipinski definition) is 4. The molecular weight excluding hydrogens is 218 g/mol. The van der Waals surface area contributed by atoms with Crippen LogP contribution in [0.25, 0.3) is 10.9 Å². The van der Waals surface area contributed by atoms with Crippen LogP contribution in [0, 0.1) is 0 Å². The molecule has 2 rings (SSSR count). The van der Waals surface area contributed by atoms with Gasteiger partial charge in [-0.05, 0) is 31.2 Å². The highest BCUT2D eigenvalue weighted by Crippen LogP contribution is 2.23. The van der Waals surface area contributed by atoms with E-state index >= 15 is 0 Å². The number of fused-ring (bicyclic) bond motifs is 1. The highest BCUT2D eigenvalue weighted by molar-refractivity contribution is 6.03. The van der Waals surface area contributed by atoms with E-state index in [-0.39, 0.29) is 5.97 Å². The molecule has 17 heavy (non-hydrogen) atoms. The van der Waals surface area contributed by atoms with Gasteiger partial charge in [0.15, 0.2) is 0 Å². The standard InChI is InChI=1S/C13H13NO3/c1-3-17-9-4-5-12-11(8-9)10(6-7-14-12)13(15)16-2/h4-8H,3H2,1-2H3. The van der Waals surface area contributed by atoms with Gasteiger partial charge in [0.25, 0.3) is 0 Å². The van der Waals surface area contributed by atoms with Gasteiger partial charge < -0.3 is 9.47 Å². The molecule has 0 unspecified atom stereocenters. The minimum absolute atomic E-state index is 0.369. The summed E-state index contributed by atoms with van der Waals surface area (Å²) in [4.78, 5) is 15.8. The Morgan fingerprint density at radius 1 is 1.35 bits per heavy atom. The zero-order chi connectivity index (χ0) is 12.3. The van der Waals surface area contributed by atoms with Crippen molar-refractivity contribution in [2.45, 2.75) is 6.92 Å². The number of carbonyl (C=O) groups excluding carboxylic acids is 1. The Kier molecular flexibility index (Phi) is 3.23.